The molecule has 4 heteroatoms. The number of hydrogen-bond acceptors (Lipinski definition) is 4. The third kappa shape index (κ3) is 7.71. The second-order valence-electron chi connectivity index (χ2n) is 4.92. The highest BCUT2D eigenvalue weighted by molar-refractivity contribution is 4.78. The van der Waals surface area contributed by atoms with Crippen molar-refractivity contribution in [1.29, 1.82) is 0 Å². The van der Waals surface area contributed by atoms with Crippen LogP contribution in [0.25, 0.3) is 0 Å². The first-order chi connectivity index (χ1) is 8.26. The van der Waals surface area contributed by atoms with Crippen molar-refractivity contribution >= 4 is 0 Å². The van der Waals surface area contributed by atoms with E-state index in [-0.39, 0.29) is 6.10 Å². The Morgan fingerprint density at radius 1 is 1.35 bits per heavy atom. The number of ether oxygens (including phenoxy) is 2. The van der Waals surface area contributed by atoms with Crippen molar-refractivity contribution in [3.8, 4) is 0 Å². The lowest BCUT2D eigenvalue weighted by atomic mass is 10.3. The summed E-state index contributed by atoms with van der Waals surface area (Å²) in [5, 5.41) is 9.87. The van der Waals surface area contributed by atoms with Crippen LogP contribution in [0.4, 0.5) is 0 Å². The normalized spacial score (nSPS) is 17.6. The molecule has 4 nitrogen and oxygen atoms in total. The predicted molar refractivity (Wildman–Crippen MR) is 68.2 cm³/mol. The summed E-state index contributed by atoms with van der Waals surface area (Å²) < 4.78 is 10.2. The number of methoxy groups -OCH3 is 1. The van der Waals surface area contributed by atoms with Crippen LogP contribution >= 0.6 is 0 Å². The van der Waals surface area contributed by atoms with Gasteiger partial charge in [-0.05, 0) is 31.7 Å². The average Bonchev–Trinajstić information content (AvgIpc) is 3.08. The quantitative estimate of drug-likeness (QED) is 0.554. The molecular formula is C13H27NO3. The zero-order valence-electron chi connectivity index (χ0n) is 11.2. The molecule has 0 aromatic carbocycles. The molecule has 102 valence electrons. The fourth-order valence-corrected chi connectivity index (χ4v) is 1.95. The van der Waals surface area contributed by atoms with E-state index < -0.39 is 0 Å². The molecule has 1 aliphatic carbocycles. The summed E-state index contributed by atoms with van der Waals surface area (Å²) >= 11 is 0. The van der Waals surface area contributed by atoms with Gasteiger partial charge in [0.05, 0.1) is 25.9 Å². The van der Waals surface area contributed by atoms with Gasteiger partial charge in [0.25, 0.3) is 0 Å². The number of aliphatic hydroxyl groups excluding tert-OH is 1. The van der Waals surface area contributed by atoms with E-state index in [9.17, 15) is 5.11 Å². The fraction of sp³-hybridized carbons (Fsp3) is 1.00. The second kappa shape index (κ2) is 8.86. The van der Waals surface area contributed by atoms with E-state index in [1.807, 2.05) is 0 Å². The Hall–Kier alpha value is -0.160. The molecule has 1 saturated carbocycles. The Morgan fingerprint density at radius 3 is 2.71 bits per heavy atom. The Labute approximate surface area is 105 Å². The lowest BCUT2D eigenvalue weighted by molar-refractivity contribution is -0.00105. The van der Waals surface area contributed by atoms with Crippen molar-refractivity contribution in [3.05, 3.63) is 0 Å². The van der Waals surface area contributed by atoms with Gasteiger partial charge in [0.2, 0.25) is 0 Å². The highest BCUT2D eigenvalue weighted by atomic mass is 16.5. The van der Waals surface area contributed by atoms with Crippen molar-refractivity contribution in [2.24, 2.45) is 5.92 Å². The van der Waals surface area contributed by atoms with Gasteiger partial charge < -0.3 is 19.5 Å². The van der Waals surface area contributed by atoms with Gasteiger partial charge in [0.1, 0.15) is 0 Å². The highest BCUT2D eigenvalue weighted by Crippen LogP contribution is 2.29. The van der Waals surface area contributed by atoms with E-state index in [2.05, 4.69) is 11.8 Å². The van der Waals surface area contributed by atoms with Crippen molar-refractivity contribution in [1.82, 2.24) is 4.90 Å². The third-order valence-corrected chi connectivity index (χ3v) is 2.96. The first-order valence-corrected chi connectivity index (χ1v) is 6.73. The fourth-order valence-electron chi connectivity index (χ4n) is 1.95. The Bertz CT molecular complexity index is 186. The SMILES string of the molecule is CCCN(CC(O)COCCOC)CC1CC1. The zero-order chi connectivity index (χ0) is 12.5. The van der Waals surface area contributed by atoms with Crippen LogP contribution in [-0.4, -0.2) is 62.7 Å². The zero-order valence-corrected chi connectivity index (χ0v) is 11.2. The molecule has 0 heterocycles. The molecule has 1 atom stereocenters. The molecule has 0 amide bonds. The summed E-state index contributed by atoms with van der Waals surface area (Å²) in [5.74, 6) is 0.878. The van der Waals surface area contributed by atoms with Crippen LogP contribution in [0.2, 0.25) is 0 Å². The minimum atomic E-state index is -0.378. The Morgan fingerprint density at radius 2 is 2.12 bits per heavy atom. The van der Waals surface area contributed by atoms with Crippen molar-refractivity contribution in [2.75, 3.05) is 46.6 Å². The van der Waals surface area contributed by atoms with Crippen LogP contribution < -0.4 is 0 Å². The van der Waals surface area contributed by atoms with E-state index in [0.717, 1.165) is 32.0 Å². The topological polar surface area (TPSA) is 41.9 Å². The molecule has 0 spiro atoms. The van der Waals surface area contributed by atoms with Gasteiger partial charge in [-0.15, -0.1) is 0 Å². The largest absolute Gasteiger partial charge is 0.389 e. The van der Waals surface area contributed by atoms with E-state index in [1.54, 1.807) is 7.11 Å². The summed E-state index contributed by atoms with van der Waals surface area (Å²) in [6.07, 6.45) is 3.49. The van der Waals surface area contributed by atoms with Crippen LogP contribution in [0, 0.1) is 5.92 Å². The van der Waals surface area contributed by atoms with Gasteiger partial charge in [-0.3, -0.25) is 0 Å². The molecule has 1 fully saturated rings. The molecule has 1 unspecified atom stereocenters. The van der Waals surface area contributed by atoms with E-state index in [0.29, 0.717) is 19.8 Å². The van der Waals surface area contributed by atoms with Gasteiger partial charge in [-0.25, -0.2) is 0 Å². The van der Waals surface area contributed by atoms with E-state index in [4.69, 9.17) is 9.47 Å². The molecule has 1 N–H and O–H groups in total. The first kappa shape index (κ1) is 14.9. The molecule has 1 rings (SSSR count). The number of aliphatic hydroxyl groups is 1. The molecule has 0 bridgehead atoms. The number of nitrogens with zero attached hydrogens (tertiary/aromatic N) is 1. The van der Waals surface area contributed by atoms with Crippen LogP contribution in [0.3, 0.4) is 0 Å². The predicted octanol–water partition coefficient (Wildman–Crippen LogP) is 1.13. The van der Waals surface area contributed by atoms with E-state index in [1.165, 1.54) is 12.8 Å². The second-order valence-corrected chi connectivity index (χ2v) is 4.92. The lowest BCUT2D eigenvalue weighted by Gasteiger charge is -2.24. The van der Waals surface area contributed by atoms with E-state index >= 15 is 0 Å². The Kier molecular flexibility index (Phi) is 7.77. The monoisotopic (exact) mass is 245 g/mol. The third-order valence-electron chi connectivity index (χ3n) is 2.96. The van der Waals surface area contributed by atoms with Gasteiger partial charge in [-0.2, -0.15) is 0 Å². The van der Waals surface area contributed by atoms with Gasteiger partial charge in [0.15, 0.2) is 0 Å². The average molecular weight is 245 g/mol. The summed E-state index contributed by atoms with van der Waals surface area (Å²) in [5.41, 5.74) is 0. The number of rotatable bonds is 11. The summed E-state index contributed by atoms with van der Waals surface area (Å²) in [4.78, 5) is 2.36. The maximum atomic E-state index is 9.87. The molecule has 0 aromatic heterocycles. The molecule has 0 aromatic rings. The smallest absolute Gasteiger partial charge is 0.0900 e. The van der Waals surface area contributed by atoms with Gasteiger partial charge >= 0.3 is 0 Å². The van der Waals surface area contributed by atoms with Crippen LogP contribution in [0.1, 0.15) is 26.2 Å². The maximum absolute atomic E-state index is 9.87. The summed E-state index contributed by atoms with van der Waals surface area (Å²) in [7, 11) is 1.65. The first-order valence-electron chi connectivity index (χ1n) is 6.73. The lowest BCUT2D eigenvalue weighted by Crippen LogP contribution is -2.37. The minimum Gasteiger partial charge on any atom is -0.389 e. The maximum Gasteiger partial charge on any atom is 0.0900 e. The molecule has 0 radical (unpaired) electrons. The van der Waals surface area contributed by atoms with Crippen molar-refractivity contribution in [2.45, 2.75) is 32.3 Å². The minimum absolute atomic E-state index is 0.378. The van der Waals surface area contributed by atoms with Crippen molar-refractivity contribution < 1.29 is 14.6 Å². The van der Waals surface area contributed by atoms with Crippen LogP contribution in [0.5, 0.6) is 0 Å². The summed E-state index contributed by atoms with van der Waals surface area (Å²) in [6.45, 7) is 6.69. The molecule has 0 aliphatic heterocycles. The standard InChI is InChI=1S/C13H27NO3/c1-3-6-14(9-12-4-5-12)10-13(15)11-17-8-7-16-2/h12-13,15H,3-11H2,1-2H3. The van der Waals surface area contributed by atoms with Crippen LogP contribution in [0.15, 0.2) is 0 Å². The molecule has 0 saturated heterocycles. The summed E-state index contributed by atoms with van der Waals surface area (Å²) in [6, 6.07) is 0. The van der Waals surface area contributed by atoms with Crippen molar-refractivity contribution in [3.63, 3.8) is 0 Å². The van der Waals surface area contributed by atoms with Crippen LogP contribution in [-0.2, 0) is 9.47 Å². The molecule has 17 heavy (non-hydrogen) atoms. The molecular weight excluding hydrogens is 218 g/mol. The van der Waals surface area contributed by atoms with Gasteiger partial charge in [0, 0.05) is 20.2 Å². The van der Waals surface area contributed by atoms with Gasteiger partial charge in [-0.1, -0.05) is 6.92 Å². The Balaban J connectivity index is 2.08. The highest BCUT2D eigenvalue weighted by Gasteiger charge is 2.24. The molecule has 1 aliphatic rings. The number of hydrogen-bond donors (Lipinski definition) is 1.